The summed E-state index contributed by atoms with van der Waals surface area (Å²) < 4.78 is 5.28. The Balaban J connectivity index is 1.74. The summed E-state index contributed by atoms with van der Waals surface area (Å²) in [7, 11) is 0. The lowest BCUT2D eigenvalue weighted by Crippen LogP contribution is -2.38. The molecule has 0 spiro atoms. The molecule has 1 aliphatic heterocycles. The monoisotopic (exact) mass is 322 g/mol. The third-order valence-electron chi connectivity index (χ3n) is 3.72. The first kappa shape index (κ1) is 17.2. The average molecular weight is 322 g/mol. The molecule has 2 amide bonds. The average Bonchev–Trinajstić information content (AvgIpc) is 2.54. The number of anilines is 1. The van der Waals surface area contributed by atoms with Gasteiger partial charge in [0.15, 0.2) is 0 Å². The number of non-ortho nitro benzene ring substituents is 1. The number of ether oxygens (including phenoxy) is 1. The Morgan fingerprint density at radius 2 is 2.13 bits per heavy atom. The van der Waals surface area contributed by atoms with Gasteiger partial charge in [0.05, 0.1) is 23.8 Å². The van der Waals surface area contributed by atoms with Gasteiger partial charge in [-0.25, -0.2) is 4.79 Å². The van der Waals surface area contributed by atoms with Crippen LogP contribution in [0.15, 0.2) is 18.2 Å². The van der Waals surface area contributed by atoms with Gasteiger partial charge in [-0.3, -0.25) is 15.0 Å². The number of amides is 2. The minimum Gasteiger partial charge on any atom is -0.379 e. The van der Waals surface area contributed by atoms with Crippen LogP contribution in [0.2, 0.25) is 0 Å². The van der Waals surface area contributed by atoms with Crippen LogP contribution in [0, 0.1) is 17.0 Å². The fourth-order valence-corrected chi connectivity index (χ4v) is 2.35. The fraction of sp³-hybridized carbons (Fsp3) is 0.533. The molecule has 0 aromatic heterocycles. The van der Waals surface area contributed by atoms with Crippen LogP contribution < -0.4 is 10.6 Å². The van der Waals surface area contributed by atoms with Crippen LogP contribution in [0.25, 0.3) is 0 Å². The molecule has 1 saturated heterocycles. The van der Waals surface area contributed by atoms with Crippen LogP contribution in [0.4, 0.5) is 16.2 Å². The highest BCUT2D eigenvalue weighted by molar-refractivity contribution is 5.90. The lowest BCUT2D eigenvalue weighted by Gasteiger charge is -2.26. The first-order chi connectivity index (χ1) is 11.1. The van der Waals surface area contributed by atoms with Crippen LogP contribution in [0.3, 0.4) is 0 Å². The molecule has 0 saturated carbocycles. The lowest BCUT2D eigenvalue weighted by atomic mass is 10.2. The van der Waals surface area contributed by atoms with E-state index < -0.39 is 4.92 Å². The molecule has 0 aliphatic carbocycles. The molecule has 126 valence electrons. The van der Waals surface area contributed by atoms with E-state index in [1.807, 2.05) is 0 Å². The third-order valence-corrected chi connectivity index (χ3v) is 3.72. The molecule has 2 rings (SSSR count). The molecule has 0 unspecified atom stereocenters. The van der Waals surface area contributed by atoms with Crippen LogP contribution in [0.5, 0.6) is 0 Å². The summed E-state index contributed by atoms with van der Waals surface area (Å²) in [6.45, 7) is 6.65. The summed E-state index contributed by atoms with van der Waals surface area (Å²) in [6.07, 6.45) is 0.849. The van der Waals surface area contributed by atoms with Crippen molar-refractivity contribution in [1.82, 2.24) is 10.2 Å². The summed E-state index contributed by atoms with van der Waals surface area (Å²) in [6, 6.07) is 4.05. The quantitative estimate of drug-likeness (QED) is 0.472. The number of carbonyl (C=O) groups excluding carboxylic acids is 1. The second-order valence-corrected chi connectivity index (χ2v) is 5.44. The van der Waals surface area contributed by atoms with Crippen LogP contribution in [-0.2, 0) is 4.74 Å². The molecule has 8 nitrogen and oxygen atoms in total. The van der Waals surface area contributed by atoms with Crippen molar-refractivity contribution >= 4 is 17.4 Å². The molecule has 0 atom stereocenters. The standard InChI is InChI=1S/C15H22N4O4/c1-12-3-4-13(19(21)22)11-14(12)17-15(20)16-5-2-6-18-7-9-23-10-8-18/h3-4,11H,2,5-10H2,1H3,(H2,16,17,20). The number of aryl methyl sites for hydroxylation is 1. The number of carbonyl (C=O) groups is 1. The zero-order chi connectivity index (χ0) is 16.7. The summed E-state index contributed by atoms with van der Waals surface area (Å²) in [5, 5.41) is 16.2. The Morgan fingerprint density at radius 1 is 1.39 bits per heavy atom. The lowest BCUT2D eigenvalue weighted by molar-refractivity contribution is -0.384. The van der Waals surface area contributed by atoms with Gasteiger partial charge in [-0.05, 0) is 25.5 Å². The SMILES string of the molecule is Cc1ccc([N+](=O)[O-])cc1NC(=O)NCCCN1CCOCC1. The zero-order valence-electron chi connectivity index (χ0n) is 13.2. The van der Waals surface area contributed by atoms with E-state index in [0.29, 0.717) is 12.2 Å². The van der Waals surface area contributed by atoms with E-state index in [2.05, 4.69) is 15.5 Å². The molecule has 1 aromatic carbocycles. The number of hydrogen-bond acceptors (Lipinski definition) is 5. The second kappa shape index (κ2) is 8.44. The Hall–Kier alpha value is -2.19. The van der Waals surface area contributed by atoms with Gasteiger partial charge in [0.1, 0.15) is 0 Å². The maximum absolute atomic E-state index is 11.9. The van der Waals surface area contributed by atoms with Gasteiger partial charge in [-0.1, -0.05) is 6.07 Å². The number of nitrogens with zero attached hydrogens (tertiary/aromatic N) is 2. The van der Waals surface area contributed by atoms with E-state index in [4.69, 9.17) is 4.74 Å². The predicted octanol–water partition coefficient (Wildman–Crippen LogP) is 1.75. The molecule has 1 aliphatic rings. The predicted molar refractivity (Wildman–Crippen MR) is 86.7 cm³/mol. The maximum atomic E-state index is 11.9. The number of rotatable bonds is 6. The highest BCUT2D eigenvalue weighted by Gasteiger charge is 2.12. The Morgan fingerprint density at radius 3 is 2.83 bits per heavy atom. The molecular formula is C15H22N4O4. The molecular weight excluding hydrogens is 300 g/mol. The van der Waals surface area contributed by atoms with E-state index in [9.17, 15) is 14.9 Å². The second-order valence-electron chi connectivity index (χ2n) is 5.44. The minimum atomic E-state index is -0.481. The molecule has 23 heavy (non-hydrogen) atoms. The zero-order valence-corrected chi connectivity index (χ0v) is 13.2. The van der Waals surface area contributed by atoms with Crippen molar-refractivity contribution in [3.63, 3.8) is 0 Å². The van der Waals surface area contributed by atoms with Gasteiger partial charge in [0.25, 0.3) is 5.69 Å². The van der Waals surface area contributed by atoms with E-state index in [1.165, 1.54) is 12.1 Å². The fourth-order valence-electron chi connectivity index (χ4n) is 2.35. The van der Waals surface area contributed by atoms with Crippen LogP contribution in [-0.4, -0.2) is 55.2 Å². The summed E-state index contributed by atoms with van der Waals surface area (Å²) in [4.78, 5) is 24.5. The summed E-state index contributed by atoms with van der Waals surface area (Å²) in [5.74, 6) is 0. The smallest absolute Gasteiger partial charge is 0.319 e. The van der Waals surface area contributed by atoms with Gasteiger partial charge >= 0.3 is 6.03 Å². The highest BCUT2D eigenvalue weighted by atomic mass is 16.6. The molecule has 1 heterocycles. The highest BCUT2D eigenvalue weighted by Crippen LogP contribution is 2.21. The van der Waals surface area contributed by atoms with Crippen molar-refractivity contribution in [3.05, 3.63) is 33.9 Å². The van der Waals surface area contributed by atoms with Crippen molar-refractivity contribution in [2.75, 3.05) is 44.7 Å². The molecule has 0 bridgehead atoms. The Bertz CT molecular complexity index is 558. The third kappa shape index (κ3) is 5.50. The van der Waals surface area contributed by atoms with E-state index in [0.717, 1.165) is 44.8 Å². The van der Waals surface area contributed by atoms with Crippen molar-refractivity contribution in [2.24, 2.45) is 0 Å². The van der Waals surface area contributed by atoms with Gasteiger partial charge in [0.2, 0.25) is 0 Å². The topological polar surface area (TPSA) is 96.7 Å². The van der Waals surface area contributed by atoms with Crippen molar-refractivity contribution < 1.29 is 14.5 Å². The minimum absolute atomic E-state index is 0.0433. The van der Waals surface area contributed by atoms with Gasteiger partial charge in [-0.15, -0.1) is 0 Å². The number of nitrogens with one attached hydrogen (secondary N) is 2. The molecule has 2 N–H and O–H groups in total. The van der Waals surface area contributed by atoms with Gasteiger partial charge < -0.3 is 15.4 Å². The Kier molecular flexibility index (Phi) is 6.30. The van der Waals surface area contributed by atoms with Gasteiger partial charge in [-0.2, -0.15) is 0 Å². The van der Waals surface area contributed by atoms with E-state index >= 15 is 0 Å². The summed E-state index contributed by atoms with van der Waals surface area (Å²) in [5.41, 5.74) is 1.18. The first-order valence-corrected chi connectivity index (χ1v) is 7.66. The van der Waals surface area contributed by atoms with E-state index in [-0.39, 0.29) is 11.7 Å². The molecule has 0 radical (unpaired) electrons. The van der Waals surface area contributed by atoms with Crippen LogP contribution in [0.1, 0.15) is 12.0 Å². The van der Waals surface area contributed by atoms with Crippen molar-refractivity contribution in [3.8, 4) is 0 Å². The first-order valence-electron chi connectivity index (χ1n) is 7.66. The van der Waals surface area contributed by atoms with Crippen LogP contribution >= 0.6 is 0 Å². The largest absolute Gasteiger partial charge is 0.379 e. The van der Waals surface area contributed by atoms with Crippen molar-refractivity contribution in [2.45, 2.75) is 13.3 Å². The number of morpholine rings is 1. The normalized spacial score (nSPS) is 15.2. The number of nitro groups is 1. The number of nitro benzene ring substituents is 1. The maximum Gasteiger partial charge on any atom is 0.319 e. The number of benzene rings is 1. The summed E-state index contributed by atoms with van der Waals surface area (Å²) >= 11 is 0. The molecule has 8 heteroatoms. The molecule has 1 fully saturated rings. The number of hydrogen-bond donors (Lipinski definition) is 2. The van der Waals surface area contributed by atoms with E-state index in [1.54, 1.807) is 13.0 Å². The molecule has 1 aromatic rings. The van der Waals surface area contributed by atoms with Gasteiger partial charge in [0, 0.05) is 31.8 Å². The van der Waals surface area contributed by atoms with Crippen molar-refractivity contribution in [1.29, 1.82) is 0 Å². The Labute approximate surface area is 134 Å². The number of urea groups is 1.